The van der Waals surface area contributed by atoms with Gasteiger partial charge in [0.05, 0.1) is 19.9 Å². The first-order valence-electron chi connectivity index (χ1n) is 9.06. The van der Waals surface area contributed by atoms with Crippen molar-refractivity contribution in [2.24, 2.45) is 0 Å². The second-order valence-corrected chi connectivity index (χ2v) is 7.29. The Labute approximate surface area is 161 Å². The maximum Gasteiger partial charge on any atom is 0.160 e. The van der Waals surface area contributed by atoms with Gasteiger partial charge in [-0.3, -0.25) is 4.90 Å². The average molecular weight is 373 g/mol. The monoisotopic (exact) mass is 372 g/mol. The Morgan fingerprint density at radius 1 is 0.923 bits per heavy atom. The summed E-state index contributed by atoms with van der Waals surface area (Å²) in [5.74, 6) is 1.60. The zero-order valence-corrected chi connectivity index (χ0v) is 16.7. The van der Waals surface area contributed by atoms with Gasteiger partial charge in [-0.1, -0.05) is 18.2 Å². The van der Waals surface area contributed by atoms with Gasteiger partial charge in [0.15, 0.2) is 11.5 Å². The van der Waals surface area contributed by atoms with Gasteiger partial charge >= 0.3 is 0 Å². The molecule has 1 fully saturated rings. The second kappa shape index (κ2) is 9.19. The van der Waals surface area contributed by atoms with Crippen LogP contribution in [-0.2, 0) is 6.42 Å². The van der Waals surface area contributed by atoms with Crippen molar-refractivity contribution in [2.75, 3.05) is 58.1 Å². The zero-order valence-electron chi connectivity index (χ0n) is 15.9. The molecule has 1 aliphatic rings. The third-order valence-corrected chi connectivity index (χ3v) is 5.75. The van der Waals surface area contributed by atoms with E-state index in [1.54, 1.807) is 14.2 Å². The lowest BCUT2D eigenvalue weighted by Gasteiger charge is -2.36. The third kappa shape index (κ3) is 4.46. The lowest BCUT2D eigenvalue weighted by atomic mass is 10.1. The van der Waals surface area contributed by atoms with E-state index in [0.717, 1.165) is 50.6 Å². The van der Waals surface area contributed by atoms with E-state index in [1.165, 1.54) is 16.1 Å². The number of benzene rings is 2. The van der Waals surface area contributed by atoms with Crippen LogP contribution in [0.4, 0.5) is 5.69 Å². The van der Waals surface area contributed by atoms with Crippen LogP contribution in [0.1, 0.15) is 5.56 Å². The maximum atomic E-state index is 5.41. The van der Waals surface area contributed by atoms with E-state index in [1.807, 2.05) is 17.8 Å². The van der Waals surface area contributed by atoms with E-state index in [0.29, 0.717) is 0 Å². The SMILES string of the molecule is COc1ccc(CCN2CCN(c3ccccc3SC)CC2)cc1OC. The molecule has 5 heteroatoms. The van der Waals surface area contributed by atoms with Gasteiger partial charge in [-0.25, -0.2) is 0 Å². The van der Waals surface area contributed by atoms with Gasteiger partial charge in [0, 0.05) is 37.6 Å². The van der Waals surface area contributed by atoms with Crippen molar-refractivity contribution >= 4 is 17.4 Å². The fraction of sp³-hybridized carbons (Fsp3) is 0.429. The molecular formula is C21H28N2O2S. The zero-order chi connectivity index (χ0) is 18.4. The smallest absolute Gasteiger partial charge is 0.160 e. The summed E-state index contributed by atoms with van der Waals surface area (Å²) in [5.41, 5.74) is 2.66. The van der Waals surface area contributed by atoms with Gasteiger partial charge in [0.25, 0.3) is 0 Å². The minimum atomic E-state index is 0.789. The molecule has 0 N–H and O–H groups in total. The molecule has 0 atom stereocenters. The van der Waals surface area contributed by atoms with Crippen molar-refractivity contribution in [3.05, 3.63) is 48.0 Å². The molecule has 26 heavy (non-hydrogen) atoms. The van der Waals surface area contributed by atoms with Crippen LogP contribution in [0, 0.1) is 0 Å². The van der Waals surface area contributed by atoms with Gasteiger partial charge in [0.2, 0.25) is 0 Å². The van der Waals surface area contributed by atoms with Crippen LogP contribution in [0.3, 0.4) is 0 Å². The normalized spacial score (nSPS) is 15.1. The number of thioether (sulfide) groups is 1. The fourth-order valence-electron chi connectivity index (χ4n) is 3.43. The topological polar surface area (TPSA) is 24.9 Å². The molecule has 0 amide bonds. The number of para-hydroxylation sites is 1. The molecule has 1 aliphatic heterocycles. The van der Waals surface area contributed by atoms with Gasteiger partial charge in [0.1, 0.15) is 0 Å². The van der Waals surface area contributed by atoms with Gasteiger partial charge in [-0.2, -0.15) is 0 Å². The van der Waals surface area contributed by atoms with E-state index in [9.17, 15) is 0 Å². The lowest BCUT2D eigenvalue weighted by Crippen LogP contribution is -2.47. The summed E-state index contributed by atoms with van der Waals surface area (Å²) in [6.07, 6.45) is 3.18. The quantitative estimate of drug-likeness (QED) is 0.689. The Morgan fingerprint density at radius 2 is 1.65 bits per heavy atom. The predicted octanol–water partition coefficient (Wildman–Crippen LogP) is 3.79. The Balaban J connectivity index is 1.53. The minimum Gasteiger partial charge on any atom is -0.493 e. The number of nitrogens with zero attached hydrogens (tertiary/aromatic N) is 2. The summed E-state index contributed by atoms with van der Waals surface area (Å²) in [6, 6.07) is 14.9. The molecular weight excluding hydrogens is 344 g/mol. The largest absolute Gasteiger partial charge is 0.493 e. The number of piperazine rings is 1. The van der Waals surface area contributed by atoms with E-state index in [2.05, 4.69) is 52.5 Å². The van der Waals surface area contributed by atoms with Crippen LogP contribution in [-0.4, -0.2) is 58.1 Å². The Hall–Kier alpha value is -1.85. The first-order chi connectivity index (χ1) is 12.7. The van der Waals surface area contributed by atoms with Gasteiger partial charge < -0.3 is 14.4 Å². The standard InChI is InChI=1S/C21H28N2O2S/c1-24-19-9-8-17(16-20(19)25-2)10-11-22-12-14-23(15-13-22)18-6-4-5-7-21(18)26-3/h4-9,16H,10-15H2,1-3H3. The first kappa shape index (κ1) is 18.9. The number of hydrogen-bond donors (Lipinski definition) is 0. The summed E-state index contributed by atoms with van der Waals surface area (Å²) in [6.45, 7) is 5.46. The molecule has 0 radical (unpaired) electrons. The molecule has 2 aromatic rings. The number of ether oxygens (including phenoxy) is 2. The Kier molecular flexibility index (Phi) is 6.69. The van der Waals surface area contributed by atoms with Gasteiger partial charge in [-0.15, -0.1) is 11.8 Å². The van der Waals surface area contributed by atoms with E-state index in [-0.39, 0.29) is 0 Å². The number of rotatable bonds is 7. The van der Waals surface area contributed by atoms with Crippen LogP contribution >= 0.6 is 11.8 Å². The van der Waals surface area contributed by atoms with Crippen LogP contribution in [0.15, 0.2) is 47.4 Å². The van der Waals surface area contributed by atoms with Crippen molar-refractivity contribution in [2.45, 2.75) is 11.3 Å². The molecule has 0 bridgehead atoms. The maximum absolute atomic E-state index is 5.41. The Morgan fingerprint density at radius 3 is 2.35 bits per heavy atom. The molecule has 0 unspecified atom stereocenters. The summed E-state index contributed by atoms with van der Waals surface area (Å²) in [7, 11) is 3.36. The van der Waals surface area contributed by atoms with Crippen molar-refractivity contribution in [3.63, 3.8) is 0 Å². The molecule has 3 rings (SSSR count). The molecule has 0 aromatic heterocycles. The van der Waals surface area contributed by atoms with Gasteiger partial charge in [-0.05, 0) is 42.5 Å². The molecule has 1 saturated heterocycles. The molecule has 2 aromatic carbocycles. The molecule has 140 valence electrons. The highest BCUT2D eigenvalue weighted by Crippen LogP contribution is 2.29. The Bertz CT molecular complexity index is 715. The summed E-state index contributed by atoms with van der Waals surface area (Å²) in [5, 5.41) is 0. The fourth-order valence-corrected chi connectivity index (χ4v) is 4.05. The molecule has 0 saturated carbocycles. The van der Waals surface area contributed by atoms with E-state index in [4.69, 9.17) is 9.47 Å². The predicted molar refractivity (Wildman–Crippen MR) is 110 cm³/mol. The highest BCUT2D eigenvalue weighted by atomic mass is 32.2. The first-order valence-corrected chi connectivity index (χ1v) is 10.3. The molecule has 1 heterocycles. The highest BCUT2D eigenvalue weighted by Gasteiger charge is 2.18. The minimum absolute atomic E-state index is 0.789. The van der Waals surface area contributed by atoms with Crippen LogP contribution in [0.5, 0.6) is 11.5 Å². The molecule has 4 nitrogen and oxygen atoms in total. The van der Waals surface area contributed by atoms with Crippen LogP contribution in [0.25, 0.3) is 0 Å². The molecule has 0 spiro atoms. The van der Waals surface area contributed by atoms with Crippen molar-refractivity contribution in [3.8, 4) is 11.5 Å². The van der Waals surface area contributed by atoms with E-state index < -0.39 is 0 Å². The van der Waals surface area contributed by atoms with Crippen molar-refractivity contribution < 1.29 is 9.47 Å². The number of anilines is 1. The highest BCUT2D eigenvalue weighted by molar-refractivity contribution is 7.98. The van der Waals surface area contributed by atoms with Crippen molar-refractivity contribution in [1.82, 2.24) is 4.90 Å². The van der Waals surface area contributed by atoms with Crippen LogP contribution < -0.4 is 14.4 Å². The molecule has 0 aliphatic carbocycles. The summed E-state index contributed by atoms with van der Waals surface area (Å²) >= 11 is 1.83. The second-order valence-electron chi connectivity index (χ2n) is 6.44. The average Bonchev–Trinajstić information content (AvgIpc) is 2.72. The number of hydrogen-bond acceptors (Lipinski definition) is 5. The number of methoxy groups -OCH3 is 2. The van der Waals surface area contributed by atoms with Crippen LogP contribution in [0.2, 0.25) is 0 Å². The van der Waals surface area contributed by atoms with Crippen molar-refractivity contribution in [1.29, 1.82) is 0 Å². The van der Waals surface area contributed by atoms with E-state index >= 15 is 0 Å². The third-order valence-electron chi connectivity index (χ3n) is 4.96. The summed E-state index contributed by atoms with van der Waals surface area (Å²) in [4.78, 5) is 6.43. The summed E-state index contributed by atoms with van der Waals surface area (Å²) < 4.78 is 10.7. The lowest BCUT2D eigenvalue weighted by molar-refractivity contribution is 0.260.